The number of amides is 1. The van der Waals surface area contributed by atoms with Gasteiger partial charge in [0.25, 0.3) is 0 Å². The van der Waals surface area contributed by atoms with Crippen molar-refractivity contribution in [3.63, 3.8) is 0 Å². The second-order valence-electron chi connectivity index (χ2n) is 7.52. The number of carbonyl (C=O) groups is 1. The molecule has 1 N–H and O–H groups in total. The minimum Gasteiger partial charge on any atom is -0.379 e. The van der Waals surface area contributed by atoms with Gasteiger partial charge < -0.3 is 10.1 Å². The third kappa shape index (κ3) is 5.24. The first kappa shape index (κ1) is 22.8. The highest BCUT2D eigenvalue weighted by molar-refractivity contribution is 8.00. The molecule has 0 spiro atoms. The Morgan fingerprint density at radius 3 is 2.20 bits per heavy atom. The van der Waals surface area contributed by atoms with Crippen molar-refractivity contribution in [3.8, 4) is 0 Å². The molecule has 1 heterocycles. The van der Waals surface area contributed by atoms with E-state index in [4.69, 9.17) is 4.74 Å². The number of ether oxygens (including phenoxy) is 1. The van der Waals surface area contributed by atoms with Crippen molar-refractivity contribution in [2.75, 3.05) is 31.6 Å². The van der Waals surface area contributed by atoms with Gasteiger partial charge in [-0.3, -0.25) is 4.79 Å². The number of anilines is 1. The van der Waals surface area contributed by atoms with Gasteiger partial charge in [-0.2, -0.15) is 4.31 Å². The van der Waals surface area contributed by atoms with Crippen molar-refractivity contribution in [1.82, 2.24) is 4.31 Å². The minimum atomic E-state index is -3.54. The van der Waals surface area contributed by atoms with Crippen LogP contribution in [-0.2, 0) is 19.6 Å². The van der Waals surface area contributed by atoms with E-state index < -0.39 is 10.0 Å². The molecule has 0 bridgehead atoms. The molecule has 3 rings (SSSR count). The van der Waals surface area contributed by atoms with Gasteiger partial charge in [-0.05, 0) is 63.1 Å². The van der Waals surface area contributed by atoms with Crippen LogP contribution in [0.5, 0.6) is 0 Å². The van der Waals surface area contributed by atoms with Crippen LogP contribution in [0.3, 0.4) is 0 Å². The van der Waals surface area contributed by atoms with Crippen molar-refractivity contribution in [2.24, 2.45) is 0 Å². The summed E-state index contributed by atoms with van der Waals surface area (Å²) in [6.07, 6.45) is 0. The van der Waals surface area contributed by atoms with Crippen molar-refractivity contribution in [3.05, 3.63) is 53.1 Å². The fraction of sp³-hybridized carbons (Fsp3) is 0.409. The number of nitrogens with zero attached hydrogens (tertiary/aromatic N) is 1. The van der Waals surface area contributed by atoms with Crippen LogP contribution in [0.4, 0.5) is 5.69 Å². The van der Waals surface area contributed by atoms with E-state index in [-0.39, 0.29) is 16.1 Å². The van der Waals surface area contributed by atoms with Crippen molar-refractivity contribution in [1.29, 1.82) is 0 Å². The maximum Gasteiger partial charge on any atom is 0.243 e. The number of thioether (sulfide) groups is 1. The predicted octanol–water partition coefficient (Wildman–Crippen LogP) is 3.75. The van der Waals surface area contributed by atoms with Gasteiger partial charge in [-0.25, -0.2) is 8.42 Å². The van der Waals surface area contributed by atoms with Gasteiger partial charge in [0.2, 0.25) is 15.9 Å². The summed E-state index contributed by atoms with van der Waals surface area (Å²) in [5.74, 6) is -0.122. The Morgan fingerprint density at radius 2 is 1.63 bits per heavy atom. The van der Waals surface area contributed by atoms with Gasteiger partial charge in [0.1, 0.15) is 0 Å². The number of hydrogen-bond acceptors (Lipinski definition) is 5. The third-order valence-electron chi connectivity index (χ3n) is 5.00. The predicted molar refractivity (Wildman–Crippen MR) is 121 cm³/mol. The Balaban J connectivity index is 1.65. The van der Waals surface area contributed by atoms with E-state index in [1.54, 1.807) is 12.1 Å². The Kier molecular flexibility index (Phi) is 7.23. The molecule has 0 saturated carbocycles. The van der Waals surface area contributed by atoms with Gasteiger partial charge >= 0.3 is 0 Å². The van der Waals surface area contributed by atoms with E-state index in [2.05, 4.69) is 38.2 Å². The molecule has 1 saturated heterocycles. The SMILES string of the molecule is Cc1cc(C)c(SC(C)C(=O)Nc2ccc(S(=O)(=O)N3CCOCC3)cc2)c(C)c1. The van der Waals surface area contributed by atoms with Crippen LogP contribution in [-0.4, -0.2) is 50.2 Å². The number of hydrogen-bond donors (Lipinski definition) is 1. The van der Waals surface area contributed by atoms with E-state index in [0.29, 0.717) is 32.0 Å². The van der Waals surface area contributed by atoms with Crippen LogP contribution in [0.2, 0.25) is 0 Å². The first-order chi connectivity index (χ1) is 14.2. The van der Waals surface area contributed by atoms with E-state index in [1.165, 1.54) is 33.8 Å². The summed E-state index contributed by atoms with van der Waals surface area (Å²) in [4.78, 5) is 14.0. The molecule has 6 nitrogen and oxygen atoms in total. The molecule has 30 heavy (non-hydrogen) atoms. The molecular formula is C22H28N2O4S2. The van der Waals surface area contributed by atoms with Gasteiger partial charge in [-0.15, -0.1) is 11.8 Å². The lowest BCUT2D eigenvalue weighted by Crippen LogP contribution is -2.40. The molecule has 1 fully saturated rings. The zero-order chi connectivity index (χ0) is 21.9. The van der Waals surface area contributed by atoms with Crippen LogP contribution in [0.1, 0.15) is 23.6 Å². The molecule has 0 aromatic heterocycles. The Labute approximate surface area is 183 Å². The van der Waals surface area contributed by atoms with E-state index in [0.717, 1.165) is 16.0 Å². The van der Waals surface area contributed by atoms with Crippen LogP contribution >= 0.6 is 11.8 Å². The van der Waals surface area contributed by atoms with Gasteiger partial charge in [0.15, 0.2) is 0 Å². The van der Waals surface area contributed by atoms with Crippen LogP contribution in [0.15, 0.2) is 46.2 Å². The highest BCUT2D eigenvalue weighted by Gasteiger charge is 2.26. The highest BCUT2D eigenvalue weighted by Crippen LogP contribution is 2.31. The summed E-state index contributed by atoms with van der Waals surface area (Å²) in [5.41, 5.74) is 4.11. The molecule has 1 atom stereocenters. The molecule has 0 radical (unpaired) electrons. The molecule has 8 heteroatoms. The van der Waals surface area contributed by atoms with E-state index >= 15 is 0 Å². The Bertz CT molecular complexity index is 991. The third-order valence-corrected chi connectivity index (χ3v) is 8.36. The molecular weight excluding hydrogens is 420 g/mol. The first-order valence-electron chi connectivity index (χ1n) is 9.92. The zero-order valence-corrected chi connectivity index (χ0v) is 19.4. The maximum absolute atomic E-state index is 12.7. The Hall–Kier alpha value is -1.87. The lowest BCUT2D eigenvalue weighted by Gasteiger charge is -2.26. The number of aryl methyl sites for hydroxylation is 3. The van der Waals surface area contributed by atoms with Crippen molar-refractivity contribution in [2.45, 2.75) is 42.7 Å². The smallest absolute Gasteiger partial charge is 0.243 e. The number of rotatable bonds is 6. The quantitative estimate of drug-likeness (QED) is 0.681. The topological polar surface area (TPSA) is 75.7 Å². The molecule has 2 aromatic rings. The summed E-state index contributed by atoms with van der Waals surface area (Å²) in [6, 6.07) is 10.6. The molecule has 1 amide bonds. The summed E-state index contributed by atoms with van der Waals surface area (Å²) in [7, 11) is -3.54. The van der Waals surface area contributed by atoms with Gasteiger partial charge in [0.05, 0.1) is 23.4 Å². The molecule has 2 aromatic carbocycles. The number of nitrogens with one attached hydrogen (secondary N) is 1. The number of sulfonamides is 1. The fourth-order valence-corrected chi connectivity index (χ4v) is 5.89. The monoisotopic (exact) mass is 448 g/mol. The molecule has 1 aliphatic heterocycles. The molecule has 1 aliphatic rings. The van der Waals surface area contributed by atoms with Crippen LogP contribution in [0, 0.1) is 20.8 Å². The summed E-state index contributed by atoms with van der Waals surface area (Å²) in [6.45, 7) is 9.57. The summed E-state index contributed by atoms with van der Waals surface area (Å²) in [5, 5.41) is 2.59. The summed E-state index contributed by atoms with van der Waals surface area (Å²) < 4.78 is 32.0. The lowest BCUT2D eigenvalue weighted by molar-refractivity contribution is -0.115. The van der Waals surface area contributed by atoms with E-state index in [9.17, 15) is 13.2 Å². The second-order valence-corrected chi connectivity index (χ2v) is 10.8. The summed E-state index contributed by atoms with van der Waals surface area (Å²) >= 11 is 1.53. The number of carbonyl (C=O) groups excluding carboxylic acids is 1. The van der Waals surface area contributed by atoms with Crippen molar-refractivity contribution >= 4 is 33.4 Å². The van der Waals surface area contributed by atoms with Gasteiger partial charge in [-0.1, -0.05) is 17.7 Å². The molecule has 1 unspecified atom stereocenters. The first-order valence-corrected chi connectivity index (χ1v) is 12.2. The number of benzene rings is 2. The largest absolute Gasteiger partial charge is 0.379 e. The fourth-order valence-electron chi connectivity index (χ4n) is 3.47. The average Bonchev–Trinajstić information content (AvgIpc) is 2.71. The lowest BCUT2D eigenvalue weighted by atomic mass is 10.1. The van der Waals surface area contributed by atoms with Crippen molar-refractivity contribution < 1.29 is 17.9 Å². The minimum absolute atomic E-state index is 0.122. The zero-order valence-electron chi connectivity index (χ0n) is 17.8. The maximum atomic E-state index is 12.7. The van der Waals surface area contributed by atoms with Crippen LogP contribution < -0.4 is 5.32 Å². The standard InChI is InChI=1S/C22H28N2O4S2/c1-15-13-16(2)21(17(3)14-15)29-18(4)22(25)23-19-5-7-20(8-6-19)30(26,27)24-9-11-28-12-10-24/h5-8,13-14,18H,9-12H2,1-4H3,(H,23,25). The van der Waals surface area contributed by atoms with E-state index in [1.807, 2.05) is 6.92 Å². The number of morpholine rings is 1. The van der Waals surface area contributed by atoms with Crippen LogP contribution in [0.25, 0.3) is 0 Å². The average molecular weight is 449 g/mol. The Morgan fingerprint density at radius 1 is 1.07 bits per heavy atom. The molecule has 162 valence electrons. The molecule has 0 aliphatic carbocycles. The van der Waals surface area contributed by atoms with Gasteiger partial charge in [0, 0.05) is 23.7 Å². The highest BCUT2D eigenvalue weighted by atomic mass is 32.2. The normalized spacial score (nSPS) is 16.3. The second kappa shape index (κ2) is 9.51.